The molecule has 0 unspecified atom stereocenters. The van der Waals surface area contributed by atoms with E-state index in [2.05, 4.69) is 0 Å². The number of carbonyl (C=O) groups is 3. The van der Waals surface area contributed by atoms with Crippen molar-refractivity contribution in [2.24, 2.45) is 11.8 Å². The van der Waals surface area contributed by atoms with E-state index in [0.717, 1.165) is 11.0 Å². The Morgan fingerprint density at radius 2 is 2.11 bits per heavy atom. The fourth-order valence-electron chi connectivity index (χ4n) is 4.09. The number of imide groups is 1. The van der Waals surface area contributed by atoms with Crippen LogP contribution in [0.2, 0.25) is 0 Å². The largest absolute Gasteiger partial charge is 0.495 e. The first-order valence-electron chi connectivity index (χ1n) is 8.50. The van der Waals surface area contributed by atoms with E-state index in [0.29, 0.717) is 0 Å². The maximum Gasteiger partial charge on any atom is 0.302 e. The lowest BCUT2D eigenvalue weighted by Gasteiger charge is -2.28. The van der Waals surface area contributed by atoms with Crippen LogP contribution in [0.1, 0.15) is 6.92 Å². The summed E-state index contributed by atoms with van der Waals surface area (Å²) >= 11 is 0. The molecule has 10 nitrogen and oxygen atoms in total. The number of nitro groups is 1. The second-order valence-corrected chi connectivity index (χ2v) is 6.81. The van der Waals surface area contributed by atoms with Gasteiger partial charge in [0.1, 0.15) is 23.6 Å². The maximum absolute atomic E-state index is 13.2. The molecule has 0 aliphatic carbocycles. The van der Waals surface area contributed by atoms with Crippen molar-refractivity contribution in [3.8, 4) is 5.75 Å². The number of amides is 2. The van der Waals surface area contributed by atoms with Gasteiger partial charge in [0.15, 0.2) is 0 Å². The molecule has 28 heavy (non-hydrogen) atoms. The Balaban J connectivity index is 1.75. The number of hydrogen-bond acceptors (Lipinski definition) is 8. The van der Waals surface area contributed by atoms with E-state index >= 15 is 0 Å². The SMILES string of the molecule is COc1ccc([N+](=O)[O-])cc1N1C(=O)[C@H]2[C@H]3C=C[C@@](COC(C)=O)(O3)[C@H]2C1=O. The highest BCUT2D eigenvalue weighted by molar-refractivity contribution is 6.24. The number of methoxy groups -OCH3 is 1. The quantitative estimate of drug-likeness (QED) is 0.240. The third kappa shape index (κ3) is 2.41. The lowest BCUT2D eigenvalue weighted by molar-refractivity contribution is -0.384. The molecule has 3 aliphatic rings. The predicted molar refractivity (Wildman–Crippen MR) is 92.5 cm³/mol. The number of benzene rings is 1. The monoisotopic (exact) mass is 388 g/mol. The summed E-state index contributed by atoms with van der Waals surface area (Å²) in [5.74, 6) is -3.18. The highest BCUT2D eigenvalue weighted by Crippen LogP contribution is 2.53. The smallest absolute Gasteiger partial charge is 0.302 e. The van der Waals surface area contributed by atoms with Gasteiger partial charge in [-0.05, 0) is 12.1 Å². The number of fused-ring (bicyclic) bond motifs is 5. The van der Waals surface area contributed by atoms with Crippen LogP contribution >= 0.6 is 0 Å². The number of non-ortho nitro benzene ring substituents is 1. The highest BCUT2D eigenvalue weighted by Gasteiger charge is 2.68. The zero-order valence-electron chi connectivity index (χ0n) is 15.0. The first kappa shape index (κ1) is 18.1. The summed E-state index contributed by atoms with van der Waals surface area (Å²) in [6, 6.07) is 3.69. The summed E-state index contributed by atoms with van der Waals surface area (Å²) in [5.41, 5.74) is -1.50. The maximum atomic E-state index is 13.2. The first-order valence-corrected chi connectivity index (χ1v) is 8.50. The number of nitro benzene ring substituents is 1. The summed E-state index contributed by atoms with van der Waals surface area (Å²) in [6.45, 7) is 1.04. The van der Waals surface area contributed by atoms with Crippen LogP contribution in [0.4, 0.5) is 11.4 Å². The van der Waals surface area contributed by atoms with E-state index in [1.807, 2.05) is 0 Å². The van der Waals surface area contributed by atoms with Gasteiger partial charge in [-0.3, -0.25) is 24.5 Å². The summed E-state index contributed by atoms with van der Waals surface area (Å²) in [6.07, 6.45) is 2.68. The molecule has 1 aromatic carbocycles. The van der Waals surface area contributed by atoms with Crippen molar-refractivity contribution in [2.75, 3.05) is 18.6 Å². The van der Waals surface area contributed by atoms with Crippen LogP contribution in [-0.4, -0.2) is 48.1 Å². The third-order valence-corrected chi connectivity index (χ3v) is 5.27. The van der Waals surface area contributed by atoms with Gasteiger partial charge in [0, 0.05) is 19.1 Å². The molecule has 2 saturated heterocycles. The summed E-state index contributed by atoms with van der Waals surface area (Å²) < 4.78 is 16.1. The Morgan fingerprint density at radius 1 is 1.36 bits per heavy atom. The zero-order valence-corrected chi connectivity index (χ0v) is 15.0. The summed E-state index contributed by atoms with van der Waals surface area (Å²) in [5, 5.41) is 11.1. The van der Waals surface area contributed by atoms with Gasteiger partial charge in [-0.2, -0.15) is 0 Å². The van der Waals surface area contributed by atoms with Crippen LogP contribution < -0.4 is 9.64 Å². The number of hydrogen-bond donors (Lipinski definition) is 0. The van der Waals surface area contributed by atoms with Gasteiger partial charge in [-0.25, -0.2) is 4.90 Å². The lowest BCUT2D eigenvalue weighted by Crippen LogP contribution is -2.44. The Hall–Kier alpha value is -3.27. The number of rotatable bonds is 5. The molecule has 0 saturated carbocycles. The average Bonchev–Trinajstić information content (AvgIpc) is 3.30. The van der Waals surface area contributed by atoms with Crippen LogP contribution in [0.25, 0.3) is 0 Å². The lowest BCUT2D eigenvalue weighted by atomic mass is 9.77. The van der Waals surface area contributed by atoms with Crippen molar-refractivity contribution in [1.29, 1.82) is 0 Å². The summed E-state index contributed by atoms with van der Waals surface area (Å²) in [4.78, 5) is 49.0. The number of carbonyl (C=O) groups excluding carboxylic acids is 3. The van der Waals surface area contributed by atoms with E-state index in [1.165, 1.54) is 26.2 Å². The molecule has 2 bridgehead atoms. The third-order valence-electron chi connectivity index (χ3n) is 5.27. The number of anilines is 1. The Labute approximate surface area is 158 Å². The molecular formula is C18H16N2O8. The van der Waals surface area contributed by atoms with Crippen molar-refractivity contribution >= 4 is 29.2 Å². The second-order valence-electron chi connectivity index (χ2n) is 6.81. The van der Waals surface area contributed by atoms with Gasteiger partial charge in [0.05, 0.1) is 30.0 Å². The average molecular weight is 388 g/mol. The molecule has 3 aliphatic heterocycles. The number of esters is 1. The highest BCUT2D eigenvalue weighted by atomic mass is 16.6. The van der Waals surface area contributed by atoms with Crippen LogP contribution in [0.3, 0.4) is 0 Å². The van der Waals surface area contributed by atoms with Crippen LogP contribution in [0.5, 0.6) is 5.75 Å². The van der Waals surface area contributed by atoms with Gasteiger partial charge >= 0.3 is 5.97 Å². The van der Waals surface area contributed by atoms with Gasteiger partial charge in [-0.15, -0.1) is 0 Å². The Morgan fingerprint density at radius 3 is 2.75 bits per heavy atom. The Kier molecular flexibility index (Phi) is 3.96. The van der Waals surface area contributed by atoms with Crippen molar-refractivity contribution in [3.05, 3.63) is 40.5 Å². The predicted octanol–water partition coefficient (Wildman–Crippen LogP) is 0.979. The summed E-state index contributed by atoms with van der Waals surface area (Å²) in [7, 11) is 1.34. The van der Waals surface area contributed by atoms with Gasteiger partial charge in [0.25, 0.3) is 5.69 Å². The van der Waals surface area contributed by atoms with Gasteiger partial charge < -0.3 is 14.2 Å². The van der Waals surface area contributed by atoms with E-state index < -0.39 is 46.2 Å². The van der Waals surface area contributed by atoms with Crippen molar-refractivity contribution in [1.82, 2.24) is 0 Å². The van der Waals surface area contributed by atoms with Crippen molar-refractivity contribution < 1.29 is 33.5 Å². The normalized spacial score (nSPS) is 29.9. The Bertz CT molecular complexity index is 942. The zero-order chi connectivity index (χ0) is 20.2. The molecule has 1 aromatic rings. The molecule has 0 radical (unpaired) electrons. The van der Waals surface area contributed by atoms with E-state index in [-0.39, 0.29) is 23.7 Å². The standard InChI is InChI=1S/C18H16N2O8/c1-9(21)27-8-18-6-5-13(28-18)14-15(18)17(23)19(16(14)22)11-7-10(20(24)25)3-4-12(11)26-2/h3-7,13-15H,8H2,1-2H3/t13-,14+,15-,18+/m1/s1. The number of nitrogens with zero attached hydrogens (tertiary/aromatic N) is 2. The van der Waals surface area contributed by atoms with Gasteiger partial charge in [0.2, 0.25) is 11.8 Å². The van der Waals surface area contributed by atoms with Crippen LogP contribution in [0, 0.1) is 22.0 Å². The molecule has 0 aromatic heterocycles. The molecule has 146 valence electrons. The molecule has 2 fully saturated rings. The molecule has 3 heterocycles. The minimum atomic E-state index is -1.23. The van der Waals surface area contributed by atoms with Crippen molar-refractivity contribution in [2.45, 2.75) is 18.6 Å². The molecular weight excluding hydrogens is 372 g/mol. The molecule has 10 heteroatoms. The van der Waals surface area contributed by atoms with Gasteiger partial charge in [-0.1, -0.05) is 6.08 Å². The minimum absolute atomic E-state index is 0.00290. The molecule has 4 rings (SSSR count). The van der Waals surface area contributed by atoms with E-state index in [1.54, 1.807) is 12.2 Å². The molecule has 0 spiro atoms. The fourth-order valence-corrected chi connectivity index (χ4v) is 4.09. The van der Waals surface area contributed by atoms with Crippen LogP contribution in [-0.2, 0) is 23.9 Å². The van der Waals surface area contributed by atoms with E-state index in [9.17, 15) is 24.5 Å². The fraction of sp³-hybridized carbons (Fsp3) is 0.389. The molecule has 4 atom stereocenters. The second kappa shape index (κ2) is 6.13. The molecule has 0 N–H and O–H groups in total. The minimum Gasteiger partial charge on any atom is -0.495 e. The molecule has 2 amide bonds. The van der Waals surface area contributed by atoms with E-state index in [4.69, 9.17) is 14.2 Å². The number of ether oxygens (including phenoxy) is 3. The van der Waals surface area contributed by atoms with Crippen molar-refractivity contribution in [3.63, 3.8) is 0 Å². The first-order chi connectivity index (χ1) is 13.3. The van der Waals surface area contributed by atoms with Crippen LogP contribution in [0.15, 0.2) is 30.4 Å². The topological polar surface area (TPSA) is 125 Å².